The highest BCUT2D eigenvalue weighted by atomic mass is 127. The summed E-state index contributed by atoms with van der Waals surface area (Å²) < 4.78 is 30.0. The second-order valence-electron chi connectivity index (χ2n) is 2.51. The third kappa shape index (κ3) is 2.33. The number of aromatic nitrogens is 1. The molecule has 0 aliphatic carbocycles. The van der Waals surface area contributed by atoms with Gasteiger partial charge in [-0.1, -0.05) is 0 Å². The number of hydrogen-bond acceptors (Lipinski definition) is 3. The van der Waals surface area contributed by atoms with Gasteiger partial charge in [-0.25, -0.2) is 13.6 Å². The summed E-state index contributed by atoms with van der Waals surface area (Å²) in [6, 6.07) is 0. The van der Waals surface area contributed by atoms with Crippen molar-refractivity contribution in [3.05, 3.63) is 21.0 Å². The van der Waals surface area contributed by atoms with Crippen molar-refractivity contribution in [1.82, 2.24) is 4.98 Å². The fourth-order valence-corrected chi connectivity index (χ4v) is 1.69. The summed E-state index contributed by atoms with van der Waals surface area (Å²) in [7, 11) is 1.22. The number of hydrogen-bond donors (Lipinski definition) is 1. The van der Waals surface area contributed by atoms with Crippen molar-refractivity contribution in [3.8, 4) is 5.75 Å². The predicted molar refractivity (Wildman–Crippen MR) is 55.4 cm³/mol. The van der Waals surface area contributed by atoms with E-state index in [4.69, 9.17) is 9.84 Å². The molecule has 0 saturated carbocycles. The zero-order valence-corrected chi connectivity index (χ0v) is 9.66. The Hall–Kier alpha value is -0.990. The molecule has 0 amide bonds. The summed E-state index contributed by atoms with van der Waals surface area (Å²) in [6.07, 6.45) is -1.80. The van der Waals surface area contributed by atoms with Gasteiger partial charge in [0.1, 0.15) is 17.0 Å². The number of alkyl halides is 2. The summed E-state index contributed by atoms with van der Waals surface area (Å²) >= 11 is 1.76. The summed E-state index contributed by atoms with van der Waals surface area (Å²) in [5, 5.41) is 8.79. The maximum absolute atomic E-state index is 12.5. The summed E-state index contributed by atoms with van der Waals surface area (Å²) in [5.41, 5.74) is -1.36. The summed E-state index contributed by atoms with van der Waals surface area (Å²) in [6.45, 7) is 0. The van der Waals surface area contributed by atoms with Crippen LogP contribution in [0.4, 0.5) is 8.78 Å². The van der Waals surface area contributed by atoms with E-state index < -0.39 is 23.7 Å². The molecule has 0 atom stereocenters. The van der Waals surface area contributed by atoms with Gasteiger partial charge in [0.15, 0.2) is 0 Å². The van der Waals surface area contributed by atoms with Crippen LogP contribution in [-0.2, 0) is 0 Å². The highest BCUT2D eigenvalue weighted by molar-refractivity contribution is 14.1. The van der Waals surface area contributed by atoms with Crippen LogP contribution in [0, 0.1) is 3.57 Å². The highest BCUT2D eigenvalue weighted by Crippen LogP contribution is 2.31. The lowest BCUT2D eigenvalue weighted by Gasteiger charge is -2.10. The fourth-order valence-electron chi connectivity index (χ4n) is 1.06. The number of rotatable bonds is 3. The van der Waals surface area contributed by atoms with Gasteiger partial charge in [0.05, 0.1) is 10.7 Å². The minimum absolute atomic E-state index is 0.0894. The molecular weight excluding hydrogens is 323 g/mol. The number of nitrogens with zero attached hydrogens (tertiary/aromatic N) is 1. The van der Waals surface area contributed by atoms with Crippen LogP contribution in [0.2, 0.25) is 0 Å². The van der Waals surface area contributed by atoms with Gasteiger partial charge in [-0.15, -0.1) is 0 Å². The molecule has 0 spiro atoms. The number of carbonyl (C=O) groups is 1. The van der Waals surface area contributed by atoms with Gasteiger partial charge in [-0.3, -0.25) is 4.98 Å². The lowest BCUT2D eigenvalue weighted by molar-refractivity contribution is 0.0677. The second-order valence-corrected chi connectivity index (χ2v) is 3.67. The van der Waals surface area contributed by atoms with Crippen LogP contribution < -0.4 is 4.74 Å². The number of methoxy groups -OCH3 is 1. The van der Waals surface area contributed by atoms with Crippen molar-refractivity contribution in [3.63, 3.8) is 0 Å². The van der Waals surface area contributed by atoms with Crippen molar-refractivity contribution in [2.24, 2.45) is 0 Å². The monoisotopic (exact) mass is 329 g/mol. The van der Waals surface area contributed by atoms with Crippen LogP contribution in [0.25, 0.3) is 0 Å². The number of halogens is 3. The van der Waals surface area contributed by atoms with Crippen molar-refractivity contribution >= 4 is 28.6 Å². The average molecular weight is 329 g/mol. The number of aromatic carboxylic acids is 1. The lowest BCUT2D eigenvalue weighted by Crippen LogP contribution is -2.09. The number of carboxylic acids is 1. The number of carboxylic acid groups (broad SMARTS) is 1. The third-order valence-corrected chi connectivity index (χ3v) is 2.41. The van der Waals surface area contributed by atoms with Gasteiger partial charge < -0.3 is 9.84 Å². The molecule has 0 bridgehead atoms. The predicted octanol–water partition coefficient (Wildman–Crippen LogP) is 2.33. The van der Waals surface area contributed by atoms with Gasteiger partial charge in [-0.2, -0.15) is 0 Å². The van der Waals surface area contributed by atoms with E-state index in [9.17, 15) is 13.6 Å². The van der Waals surface area contributed by atoms with E-state index in [0.717, 1.165) is 6.20 Å². The number of ether oxygens (including phenoxy) is 1. The fraction of sp³-hybridized carbons (Fsp3) is 0.250. The van der Waals surface area contributed by atoms with Gasteiger partial charge in [0.2, 0.25) is 0 Å². The highest BCUT2D eigenvalue weighted by Gasteiger charge is 2.25. The molecule has 0 unspecified atom stereocenters. The minimum Gasteiger partial charge on any atom is -0.495 e. The average Bonchev–Trinajstić information content (AvgIpc) is 2.16. The Morgan fingerprint density at radius 1 is 1.67 bits per heavy atom. The molecule has 1 heterocycles. The topological polar surface area (TPSA) is 59.4 Å². The molecule has 0 aliphatic heterocycles. The zero-order chi connectivity index (χ0) is 11.6. The van der Waals surface area contributed by atoms with E-state index in [1.165, 1.54) is 7.11 Å². The molecule has 7 heteroatoms. The van der Waals surface area contributed by atoms with Crippen molar-refractivity contribution in [2.75, 3.05) is 7.11 Å². The largest absolute Gasteiger partial charge is 0.495 e. The Morgan fingerprint density at radius 3 is 2.67 bits per heavy atom. The molecule has 1 rings (SSSR count). The lowest BCUT2D eigenvalue weighted by atomic mass is 10.2. The first-order chi connectivity index (χ1) is 6.99. The van der Waals surface area contributed by atoms with Crippen LogP contribution in [0.3, 0.4) is 0 Å². The third-order valence-electron chi connectivity index (χ3n) is 1.64. The first kappa shape index (κ1) is 12.1. The normalized spacial score (nSPS) is 10.5. The Labute approximate surface area is 97.4 Å². The van der Waals surface area contributed by atoms with Crippen LogP contribution in [-0.4, -0.2) is 23.2 Å². The van der Waals surface area contributed by atoms with Crippen LogP contribution >= 0.6 is 22.6 Å². The van der Waals surface area contributed by atoms with Crippen LogP contribution in [0.5, 0.6) is 5.75 Å². The molecule has 0 saturated heterocycles. The Bertz CT molecular complexity index is 398. The molecule has 1 aromatic rings. The van der Waals surface area contributed by atoms with Crippen LogP contribution in [0.15, 0.2) is 6.20 Å². The number of pyridine rings is 1. The van der Waals surface area contributed by atoms with E-state index in [1.807, 2.05) is 0 Å². The van der Waals surface area contributed by atoms with E-state index in [1.54, 1.807) is 22.6 Å². The maximum Gasteiger partial charge on any atom is 0.341 e. The quantitative estimate of drug-likeness (QED) is 0.865. The molecule has 0 aromatic carbocycles. The molecule has 0 aliphatic rings. The second kappa shape index (κ2) is 4.69. The standard InChI is InChI=1S/C8H6F2INO3/c1-15-6-3(11)2-12-5(7(9)10)4(6)8(13)14/h2,7H,1H3,(H,13,14). The van der Waals surface area contributed by atoms with Gasteiger partial charge in [-0.05, 0) is 22.6 Å². The zero-order valence-electron chi connectivity index (χ0n) is 7.50. The SMILES string of the molecule is COc1c(I)cnc(C(F)F)c1C(=O)O. The Kier molecular flexibility index (Phi) is 3.77. The first-order valence-corrected chi connectivity index (χ1v) is 4.80. The molecule has 1 aromatic heterocycles. The van der Waals surface area contributed by atoms with E-state index >= 15 is 0 Å². The molecule has 1 N–H and O–H groups in total. The van der Waals surface area contributed by atoms with E-state index in [2.05, 4.69) is 4.98 Å². The maximum atomic E-state index is 12.5. The molecule has 0 radical (unpaired) electrons. The van der Waals surface area contributed by atoms with Crippen molar-refractivity contribution < 1.29 is 23.4 Å². The molecule has 15 heavy (non-hydrogen) atoms. The van der Waals surface area contributed by atoms with Crippen molar-refractivity contribution in [1.29, 1.82) is 0 Å². The summed E-state index contributed by atoms with van der Waals surface area (Å²) in [5.74, 6) is -1.57. The first-order valence-electron chi connectivity index (χ1n) is 3.72. The molecule has 82 valence electrons. The van der Waals surface area contributed by atoms with E-state index in [-0.39, 0.29) is 5.75 Å². The molecule has 0 fully saturated rings. The van der Waals surface area contributed by atoms with Gasteiger partial charge in [0, 0.05) is 6.20 Å². The molecule has 4 nitrogen and oxygen atoms in total. The minimum atomic E-state index is -2.94. The van der Waals surface area contributed by atoms with Gasteiger partial charge >= 0.3 is 5.97 Å². The van der Waals surface area contributed by atoms with E-state index in [0.29, 0.717) is 3.57 Å². The molecular formula is C8H6F2INO3. The van der Waals surface area contributed by atoms with Gasteiger partial charge in [0.25, 0.3) is 6.43 Å². The Morgan fingerprint density at radius 2 is 2.27 bits per heavy atom. The Balaban J connectivity index is 3.49. The van der Waals surface area contributed by atoms with Crippen molar-refractivity contribution in [2.45, 2.75) is 6.43 Å². The smallest absolute Gasteiger partial charge is 0.341 e. The van der Waals surface area contributed by atoms with Crippen LogP contribution in [0.1, 0.15) is 22.5 Å². The summed E-state index contributed by atoms with van der Waals surface area (Å²) in [4.78, 5) is 14.2.